The number of pyridine rings is 2. The highest BCUT2D eigenvalue weighted by molar-refractivity contribution is 7.90. The lowest BCUT2D eigenvalue weighted by atomic mass is 9.80. The van der Waals surface area contributed by atoms with Crippen LogP contribution in [0.15, 0.2) is 96.2 Å². The van der Waals surface area contributed by atoms with E-state index in [1.54, 1.807) is 13.2 Å². The number of aromatic amines is 1. The van der Waals surface area contributed by atoms with Crippen LogP contribution < -0.4 is 34.2 Å². The smallest absolute Gasteiger partial charge is 0.293 e. The number of ether oxygens (including phenoxy) is 4. The summed E-state index contributed by atoms with van der Waals surface area (Å²) in [5.74, 6) is 1.72. The lowest BCUT2D eigenvalue weighted by molar-refractivity contribution is -0.384. The Morgan fingerprint density at radius 3 is 2.47 bits per heavy atom. The van der Waals surface area contributed by atoms with E-state index in [-0.39, 0.29) is 35.9 Å². The Kier molecular flexibility index (Phi) is 17.0. The van der Waals surface area contributed by atoms with Crippen molar-refractivity contribution in [3.05, 3.63) is 124 Å². The van der Waals surface area contributed by atoms with Gasteiger partial charge in [-0.1, -0.05) is 38.1 Å². The quantitative estimate of drug-likeness (QED) is 0.0497. The van der Waals surface area contributed by atoms with E-state index >= 15 is 0 Å². The van der Waals surface area contributed by atoms with Crippen molar-refractivity contribution >= 4 is 61.2 Å². The maximum Gasteiger partial charge on any atom is 0.293 e. The zero-order valence-electron chi connectivity index (χ0n) is 50.8. The predicted octanol–water partition coefficient (Wildman–Crippen LogP) is 8.21. The lowest BCUT2D eigenvalue weighted by Gasteiger charge is -2.54. The third-order valence-electron chi connectivity index (χ3n) is 19.6. The molecule has 6 fully saturated rings. The van der Waals surface area contributed by atoms with E-state index in [2.05, 4.69) is 88.6 Å². The largest absolute Gasteiger partial charge is 0.493 e. The molecule has 2 saturated carbocycles. The number of carbonyl (C=O) groups excluding carboxylic acids is 1. The van der Waals surface area contributed by atoms with Gasteiger partial charge in [0.1, 0.15) is 23.1 Å². The molecule has 8 heterocycles. The number of sulfonamides is 1. The molecule has 4 N–H and O–H groups in total. The number of methoxy groups -OCH3 is 1. The molecule has 0 spiro atoms. The van der Waals surface area contributed by atoms with Crippen molar-refractivity contribution in [2.45, 2.75) is 119 Å². The fraction of sp³-hybridized carbons (Fsp3) is 0.523. The first-order chi connectivity index (χ1) is 42.6. The van der Waals surface area contributed by atoms with Crippen LogP contribution in [0, 0.1) is 16.0 Å². The van der Waals surface area contributed by atoms with Gasteiger partial charge in [0, 0.05) is 126 Å². The minimum Gasteiger partial charge on any atom is -0.493 e. The topological polar surface area (TPSA) is 237 Å². The lowest BCUT2D eigenvalue weighted by Crippen LogP contribution is -2.61. The van der Waals surface area contributed by atoms with Gasteiger partial charge in [0.2, 0.25) is 5.88 Å². The highest BCUT2D eigenvalue weighted by Crippen LogP contribution is 2.47. The second-order valence-electron chi connectivity index (χ2n) is 25.6. The van der Waals surface area contributed by atoms with Gasteiger partial charge in [0.05, 0.1) is 59.6 Å². The van der Waals surface area contributed by atoms with Gasteiger partial charge in [-0.05, 0) is 129 Å². The molecular formula is C65H82N12O10S. The van der Waals surface area contributed by atoms with Crippen LogP contribution in [-0.2, 0) is 26.0 Å². The van der Waals surface area contributed by atoms with Crippen molar-refractivity contribution in [2.24, 2.45) is 5.92 Å². The normalized spacial score (nSPS) is 25.6. The number of morpholine rings is 1. The van der Waals surface area contributed by atoms with Gasteiger partial charge in [-0.2, -0.15) is 4.98 Å². The fourth-order valence-corrected chi connectivity index (χ4v) is 15.5. The number of benzene rings is 3. The number of rotatable bonds is 17. The van der Waals surface area contributed by atoms with Gasteiger partial charge in [-0.3, -0.25) is 29.6 Å². The van der Waals surface area contributed by atoms with Crippen LogP contribution in [0.5, 0.6) is 11.6 Å². The summed E-state index contributed by atoms with van der Waals surface area (Å²) in [6, 6.07) is 25.1. The third-order valence-corrected chi connectivity index (χ3v) is 20.9. The van der Waals surface area contributed by atoms with Gasteiger partial charge in [-0.25, -0.2) is 18.1 Å². The van der Waals surface area contributed by atoms with Crippen molar-refractivity contribution in [2.75, 3.05) is 119 Å². The summed E-state index contributed by atoms with van der Waals surface area (Å²) in [5.41, 5.74) is 5.71. The molecule has 1 amide bonds. The molecule has 7 aliphatic rings. The second kappa shape index (κ2) is 25.0. The first kappa shape index (κ1) is 59.8. The van der Waals surface area contributed by atoms with Gasteiger partial charge in [0.25, 0.3) is 21.6 Å². The number of hydrogen-bond donors (Lipinski definition) is 4. The summed E-state index contributed by atoms with van der Waals surface area (Å²) in [6.07, 6.45) is 8.88. The number of anilines is 5. The third kappa shape index (κ3) is 12.3. The molecule has 3 atom stereocenters. The van der Waals surface area contributed by atoms with Gasteiger partial charge < -0.3 is 49.1 Å². The molecule has 3 aromatic heterocycles. The molecule has 468 valence electrons. The maximum absolute atomic E-state index is 14.9. The first-order valence-electron chi connectivity index (χ1n) is 31.5. The van der Waals surface area contributed by atoms with E-state index in [4.69, 9.17) is 28.9 Å². The number of nitro benzene ring substituents is 1. The number of carbonyl (C=O) groups is 1. The number of aromatic nitrogens is 3. The minimum absolute atomic E-state index is 0.100. The average Bonchev–Trinajstić information content (AvgIpc) is 1.57. The van der Waals surface area contributed by atoms with E-state index in [1.807, 2.05) is 43.6 Å². The highest BCUT2D eigenvalue weighted by Gasteiger charge is 2.45. The molecule has 3 aromatic carbocycles. The Labute approximate surface area is 514 Å². The monoisotopic (exact) mass is 1220 g/mol. The number of H-pyrrole nitrogens is 1. The van der Waals surface area contributed by atoms with E-state index in [0.717, 1.165) is 125 Å². The average molecular weight is 1220 g/mol. The SMILES string of the molecule is COc1cc(CN2CCN(C3CC(N4CCN(c5ccc(C(=O)NS(=O)(=O)c6ccc(NCC7CCC(C)(O)CC7)c([N+](=O)[O-])c6)c(N6c7cc8cc[nH]c8nc7O[C@H]7COCC[C@@H]76)c5)CC4)C3)[C@H](c3ccccc3C(C)C)C2)cnc1N1CCOCC1. The number of hydrogen-bond acceptors (Lipinski definition) is 19. The molecule has 4 saturated heterocycles. The number of nitro groups is 1. The van der Waals surface area contributed by atoms with Crippen LogP contribution in [0.25, 0.3) is 11.0 Å². The standard InChI is InChI=1S/C65H82N12O10S/c1-42(2)50-7-5-6-8-51(50)58-40-71(39-44-31-59(84-4)62(68-38-44)74-26-29-85-30-27-74)20-25-75(58)48-33-47(34-48)73-23-21-72(22-24-73)46-9-11-52(55(35-46)76-54-16-28-86-41-60(54)87-64-57(76)32-45-15-19-66-61(45)69-64)63(78)70-88(82,83)49-10-12-53(56(36-49)77(80)81)67-37-43-13-17-65(3,79)18-14-43/h5-12,15,19,31-32,35-36,38,42-43,47-48,54,58,60,67,79H,13-14,16-18,20-30,33-34,37,39-41H2,1-4H3,(H,66,69)(H,70,78)/t43?,47?,48?,54-,58-,60-,65?/m0/s1. The molecule has 22 nitrogen and oxygen atoms in total. The Morgan fingerprint density at radius 1 is 0.898 bits per heavy atom. The molecule has 6 aromatic rings. The van der Waals surface area contributed by atoms with Crippen LogP contribution in [0.4, 0.5) is 34.3 Å². The number of nitrogens with one attached hydrogen (secondary N) is 3. The number of piperazine rings is 2. The van der Waals surface area contributed by atoms with Crippen LogP contribution in [0.2, 0.25) is 0 Å². The summed E-state index contributed by atoms with van der Waals surface area (Å²) in [7, 11) is -2.92. The molecule has 0 bridgehead atoms. The van der Waals surface area contributed by atoms with E-state index < -0.39 is 43.1 Å². The zero-order valence-corrected chi connectivity index (χ0v) is 51.6. The molecule has 0 unspecified atom stereocenters. The first-order valence-corrected chi connectivity index (χ1v) is 32.9. The van der Waals surface area contributed by atoms with E-state index in [1.165, 1.54) is 23.3 Å². The molecule has 2 aliphatic carbocycles. The van der Waals surface area contributed by atoms with Crippen molar-refractivity contribution in [3.8, 4) is 11.6 Å². The summed E-state index contributed by atoms with van der Waals surface area (Å²) in [5, 5.41) is 26.9. The number of aliphatic hydroxyl groups is 1. The Morgan fingerprint density at radius 2 is 1.69 bits per heavy atom. The molecule has 0 radical (unpaired) electrons. The predicted molar refractivity (Wildman–Crippen MR) is 337 cm³/mol. The van der Waals surface area contributed by atoms with E-state index in [9.17, 15) is 28.4 Å². The summed E-state index contributed by atoms with van der Waals surface area (Å²) in [6.45, 7) is 17.3. The Balaban J connectivity index is 0.722. The Hall–Kier alpha value is -7.12. The second-order valence-corrected chi connectivity index (χ2v) is 27.3. The summed E-state index contributed by atoms with van der Waals surface area (Å²) in [4.78, 5) is 54.0. The summed E-state index contributed by atoms with van der Waals surface area (Å²) >= 11 is 0. The zero-order chi connectivity index (χ0) is 60.8. The molecule has 23 heteroatoms. The molecular weight excluding hydrogens is 1140 g/mol. The number of fused-ring (bicyclic) bond motifs is 3. The van der Waals surface area contributed by atoms with Crippen LogP contribution in [0.3, 0.4) is 0 Å². The number of amides is 1. The van der Waals surface area contributed by atoms with Crippen LogP contribution in [-0.4, -0.2) is 183 Å². The molecule has 88 heavy (non-hydrogen) atoms. The maximum atomic E-state index is 14.9. The molecule has 13 rings (SSSR count). The van der Waals surface area contributed by atoms with Crippen molar-refractivity contribution in [1.29, 1.82) is 0 Å². The van der Waals surface area contributed by atoms with Gasteiger partial charge >= 0.3 is 0 Å². The summed E-state index contributed by atoms with van der Waals surface area (Å²) < 4.78 is 54.9. The van der Waals surface area contributed by atoms with Gasteiger partial charge in [-0.15, -0.1) is 0 Å². The van der Waals surface area contributed by atoms with Crippen molar-refractivity contribution in [1.82, 2.24) is 34.4 Å². The van der Waals surface area contributed by atoms with Crippen molar-refractivity contribution in [3.63, 3.8) is 0 Å². The minimum atomic E-state index is -4.65. The van der Waals surface area contributed by atoms with Crippen molar-refractivity contribution < 1.29 is 42.2 Å². The highest BCUT2D eigenvalue weighted by atomic mass is 32.2. The van der Waals surface area contributed by atoms with Crippen LogP contribution >= 0.6 is 0 Å². The van der Waals surface area contributed by atoms with E-state index in [0.29, 0.717) is 86.5 Å². The number of nitrogens with zero attached hydrogens (tertiary/aromatic N) is 9. The molecule has 5 aliphatic heterocycles. The van der Waals surface area contributed by atoms with Crippen LogP contribution in [0.1, 0.15) is 105 Å². The Bertz CT molecular complexity index is 3630. The van der Waals surface area contributed by atoms with Gasteiger partial charge in [0.15, 0.2) is 11.6 Å². The fourth-order valence-electron chi connectivity index (χ4n) is 14.5.